The van der Waals surface area contributed by atoms with Crippen LogP contribution in [0.4, 0.5) is 0 Å². The van der Waals surface area contributed by atoms with E-state index < -0.39 is 0 Å². The SMILES string of the molecule is O=C(NC1CCCc2c1[nH]c1ccccc21)c1cccc(-n2cnnn2)c1. The summed E-state index contributed by atoms with van der Waals surface area (Å²) in [7, 11) is 0. The summed E-state index contributed by atoms with van der Waals surface area (Å²) in [5, 5.41) is 15.6. The maximum Gasteiger partial charge on any atom is 0.251 e. The van der Waals surface area contributed by atoms with Gasteiger partial charge in [0.05, 0.1) is 11.7 Å². The maximum absolute atomic E-state index is 12.9. The highest BCUT2D eigenvalue weighted by Gasteiger charge is 2.25. The number of nitrogens with zero attached hydrogens (tertiary/aromatic N) is 4. The number of nitrogens with one attached hydrogen (secondary N) is 2. The van der Waals surface area contributed by atoms with Gasteiger partial charge in [-0.25, -0.2) is 4.68 Å². The lowest BCUT2D eigenvalue weighted by atomic mass is 9.91. The third-order valence-corrected chi connectivity index (χ3v) is 5.14. The average Bonchev–Trinajstić information content (AvgIpc) is 3.37. The molecule has 0 aliphatic heterocycles. The minimum atomic E-state index is -0.0959. The second-order valence-electron chi connectivity index (χ2n) is 6.79. The number of amides is 1. The predicted molar refractivity (Wildman–Crippen MR) is 101 cm³/mol. The fourth-order valence-electron chi connectivity index (χ4n) is 3.87. The maximum atomic E-state index is 12.9. The van der Waals surface area contributed by atoms with E-state index in [4.69, 9.17) is 0 Å². The standard InChI is InChI=1S/C20H18N6O/c27-20(13-5-3-6-14(11-13)26-12-21-24-25-26)23-18-10-4-8-16-15-7-1-2-9-17(15)22-19(16)18/h1-3,5-7,9,11-12,18,22H,4,8,10H2,(H,23,27). The summed E-state index contributed by atoms with van der Waals surface area (Å²) < 4.78 is 1.53. The van der Waals surface area contributed by atoms with E-state index in [0.29, 0.717) is 5.56 Å². The number of carbonyl (C=O) groups excluding carboxylic acids is 1. The number of hydrogen-bond donors (Lipinski definition) is 2. The molecule has 0 saturated heterocycles. The van der Waals surface area contributed by atoms with Crippen LogP contribution >= 0.6 is 0 Å². The Hall–Kier alpha value is -3.48. The van der Waals surface area contributed by atoms with Gasteiger partial charge in [0.25, 0.3) is 5.91 Å². The van der Waals surface area contributed by atoms with Crippen molar-refractivity contribution in [1.29, 1.82) is 0 Å². The van der Waals surface area contributed by atoms with Crippen LogP contribution in [0, 0.1) is 0 Å². The van der Waals surface area contributed by atoms with Gasteiger partial charge in [-0.05, 0) is 59.5 Å². The second kappa shape index (κ2) is 6.35. The molecule has 7 heteroatoms. The van der Waals surface area contributed by atoms with E-state index >= 15 is 0 Å². The Bertz CT molecular complexity index is 1110. The average molecular weight is 358 g/mol. The number of benzene rings is 2. The van der Waals surface area contributed by atoms with Crippen LogP contribution < -0.4 is 5.32 Å². The zero-order chi connectivity index (χ0) is 18.2. The summed E-state index contributed by atoms with van der Waals surface area (Å²) in [4.78, 5) is 16.4. The van der Waals surface area contributed by atoms with Crippen molar-refractivity contribution in [2.75, 3.05) is 0 Å². The number of aryl methyl sites for hydroxylation is 1. The van der Waals surface area contributed by atoms with E-state index in [1.54, 1.807) is 12.1 Å². The molecule has 0 bridgehead atoms. The van der Waals surface area contributed by atoms with Crippen molar-refractivity contribution in [2.45, 2.75) is 25.3 Å². The van der Waals surface area contributed by atoms with Gasteiger partial charge >= 0.3 is 0 Å². The van der Waals surface area contributed by atoms with Gasteiger partial charge in [0.2, 0.25) is 0 Å². The Morgan fingerprint density at radius 2 is 2.11 bits per heavy atom. The van der Waals surface area contributed by atoms with Gasteiger partial charge in [0.1, 0.15) is 6.33 Å². The normalized spacial score (nSPS) is 16.2. The van der Waals surface area contributed by atoms with Crippen molar-refractivity contribution in [3.8, 4) is 5.69 Å². The Balaban J connectivity index is 1.43. The first kappa shape index (κ1) is 15.7. The molecule has 0 saturated carbocycles. The van der Waals surface area contributed by atoms with Gasteiger partial charge in [-0.3, -0.25) is 4.79 Å². The van der Waals surface area contributed by atoms with Crippen LogP contribution in [0.3, 0.4) is 0 Å². The molecule has 134 valence electrons. The largest absolute Gasteiger partial charge is 0.356 e. The Morgan fingerprint density at radius 1 is 1.19 bits per heavy atom. The lowest BCUT2D eigenvalue weighted by Crippen LogP contribution is -2.31. The first-order valence-corrected chi connectivity index (χ1v) is 9.03. The quantitative estimate of drug-likeness (QED) is 0.589. The summed E-state index contributed by atoms with van der Waals surface area (Å²) in [5.41, 5.74) is 4.93. The zero-order valence-corrected chi connectivity index (χ0v) is 14.6. The number of rotatable bonds is 3. The minimum Gasteiger partial charge on any atom is -0.356 e. The Kier molecular flexibility index (Phi) is 3.71. The van der Waals surface area contributed by atoms with Gasteiger partial charge in [-0.15, -0.1) is 5.10 Å². The molecule has 0 fully saturated rings. The van der Waals surface area contributed by atoms with Crippen LogP contribution in [0.2, 0.25) is 0 Å². The van der Waals surface area contributed by atoms with Crippen molar-refractivity contribution < 1.29 is 4.79 Å². The lowest BCUT2D eigenvalue weighted by Gasteiger charge is -2.24. The molecule has 7 nitrogen and oxygen atoms in total. The summed E-state index contributed by atoms with van der Waals surface area (Å²) in [6, 6.07) is 15.6. The predicted octanol–water partition coefficient (Wildman–Crippen LogP) is 2.95. The van der Waals surface area contributed by atoms with Crippen molar-refractivity contribution >= 4 is 16.8 Å². The number of para-hydroxylation sites is 1. The van der Waals surface area contributed by atoms with E-state index in [-0.39, 0.29) is 11.9 Å². The van der Waals surface area contributed by atoms with E-state index in [1.165, 1.54) is 22.0 Å². The van der Waals surface area contributed by atoms with Crippen LogP contribution in [-0.4, -0.2) is 31.1 Å². The number of hydrogen-bond acceptors (Lipinski definition) is 4. The summed E-state index contributed by atoms with van der Waals surface area (Å²) >= 11 is 0. The van der Waals surface area contributed by atoms with Crippen molar-refractivity contribution in [2.24, 2.45) is 0 Å². The van der Waals surface area contributed by atoms with Gasteiger partial charge in [0.15, 0.2) is 0 Å². The lowest BCUT2D eigenvalue weighted by molar-refractivity contribution is 0.0932. The third-order valence-electron chi connectivity index (χ3n) is 5.14. The molecular weight excluding hydrogens is 340 g/mol. The molecule has 4 aromatic rings. The van der Waals surface area contributed by atoms with E-state index in [9.17, 15) is 4.79 Å². The van der Waals surface area contributed by atoms with Gasteiger partial charge in [-0.2, -0.15) is 0 Å². The van der Waals surface area contributed by atoms with E-state index in [1.807, 2.05) is 18.2 Å². The number of aromatic amines is 1. The first-order chi connectivity index (χ1) is 13.3. The topological polar surface area (TPSA) is 88.5 Å². The van der Waals surface area contributed by atoms with E-state index in [2.05, 4.69) is 44.0 Å². The number of H-pyrrole nitrogens is 1. The number of tetrazole rings is 1. The molecule has 1 aliphatic carbocycles. The highest BCUT2D eigenvalue weighted by atomic mass is 16.1. The molecule has 2 aromatic heterocycles. The molecule has 2 aromatic carbocycles. The fourth-order valence-corrected chi connectivity index (χ4v) is 3.87. The van der Waals surface area contributed by atoms with Gasteiger partial charge in [-0.1, -0.05) is 24.3 Å². The molecule has 27 heavy (non-hydrogen) atoms. The summed E-state index contributed by atoms with van der Waals surface area (Å²) in [6.07, 6.45) is 4.54. The van der Waals surface area contributed by atoms with Crippen LogP contribution in [0.25, 0.3) is 16.6 Å². The fraction of sp³-hybridized carbons (Fsp3) is 0.200. The number of aromatic nitrogens is 5. The molecule has 2 N–H and O–H groups in total. The second-order valence-corrected chi connectivity index (χ2v) is 6.79. The Morgan fingerprint density at radius 3 is 3.00 bits per heavy atom. The van der Waals surface area contributed by atoms with Crippen LogP contribution in [-0.2, 0) is 6.42 Å². The van der Waals surface area contributed by atoms with Crippen LogP contribution in [0.5, 0.6) is 0 Å². The molecule has 1 aliphatic rings. The molecule has 1 unspecified atom stereocenters. The third kappa shape index (κ3) is 2.77. The highest BCUT2D eigenvalue weighted by Crippen LogP contribution is 2.34. The summed E-state index contributed by atoms with van der Waals surface area (Å²) in [5.74, 6) is -0.0959. The first-order valence-electron chi connectivity index (χ1n) is 9.03. The van der Waals surface area contributed by atoms with Crippen LogP contribution in [0.15, 0.2) is 54.9 Å². The smallest absolute Gasteiger partial charge is 0.251 e. The summed E-state index contributed by atoms with van der Waals surface area (Å²) in [6.45, 7) is 0. The van der Waals surface area contributed by atoms with Crippen molar-refractivity contribution in [3.63, 3.8) is 0 Å². The highest BCUT2D eigenvalue weighted by molar-refractivity contribution is 5.95. The zero-order valence-electron chi connectivity index (χ0n) is 14.6. The molecule has 0 radical (unpaired) electrons. The molecule has 1 amide bonds. The molecule has 5 rings (SSSR count). The Labute approximate surface area is 155 Å². The molecule has 0 spiro atoms. The van der Waals surface area contributed by atoms with Gasteiger partial charge < -0.3 is 10.3 Å². The monoisotopic (exact) mass is 358 g/mol. The number of carbonyl (C=O) groups is 1. The molecular formula is C20H18N6O. The number of fused-ring (bicyclic) bond motifs is 3. The molecule has 1 atom stereocenters. The van der Waals surface area contributed by atoms with Gasteiger partial charge in [0, 0.05) is 22.2 Å². The van der Waals surface area contributed by atoms with E-state index in [0.717, 1.165) is 36.2 Å². The van der Waals surface area contributed by atoms with Crippen molar-refractivity contribution in [1.82, 2.24) is 30.5 Å². The minimum absolute atomic E-state index is 0.00894. The van der Waals surface area contributed by atoms with Crippen LogP contribution in [0.1, 0.15) is 40.5 Å². The van der Waals surface area contributed by atoms with Crippen molar-refractivity contribution in [3.05, 3.63) is 71.7 Å². The molecule has 2 heterocycles.